The number of ether oxygens (including phenoxy) is 2. The van der Waals surface area contributed by atoms with Crippen molar-refractivity contribution in [2.45, 2.75) is 39.0 Å². The summed E-state index contributed by atoms with van der Waals surface area (Å²) in [6.45, 7) is 4.60. The Balaban J connectivity index is 1.93. The van der Waals surface area contributed by atoms with Crippen LogP contribution in [0.15, 0.2) is 18.2 Å². The van der Waals surface area contributed by atoms with Crippen LogP contribution >= 0.6 is 0 Å². The summed E-state index contributed by atoms with van der Waals surface area (Å²) >= 11 is 0. The van der Waals surface area contributed by atoms with Crippen molar-refractivity contribution in [3.05, 3.63) is 23.8 Å². The highest BCUT2D eigenvalue weighted by Crippen LogP contribution is 2.33. The second kappa shape index (κ2) is 9.44. The van der Waals surface area contributed by atoms with E-state index in [1.807, 2.05) is 32.0 Å². The standard InChI is InChI=1S/C20H31NO5S/c1-14(2)19(16-7-8-17(25-3)18(12-16)26-4)20(22)21-10-5-6-15-9-11-27(23,24)13-15/h7-8,12,14-15,19H,5-6,9-11,13H2,1-4H3,(H,21,22). The van der Waals surface area contributed by atoms with Crippen molar-refractivity contribution in [2.75, 3.05) is 32.3 Å². The highest BCUT2D eigenvalue weighted by molar-refractivity contribution is 7.91. The molecule has 27 heavy (non-hydrogen) atoms. The molecule has 2 atom stereocenters. The third kappa shape index (κ3) is 5.86. The summed E-state index contributed by atoms with van der Waals surface area (Å²) in [6.07, 6.45) is 2.38. The summed E-state index contributed by atoms with van der Waals surface area (Å²) in [6, 6.07) is 5.57. The molecule has 0 saturated carbocycles. The van der Waals surface area contributed by atoms with Crippen molar-refractivity contribution in [2.24, 2.45) is 11.8 Å². The van der Waals surface area contributed by atoms with E-state index in [9.17, 15) is 13.2 Å². The van der Waals surface area contributed by atoms with Crippen LogP contribution in [0.1, 0.15) is 44.6 Å². The van der Waals surface area contributed by atoms with E-state index < -0.39 is 9.84 Å². The van der Waals surface area contributed by atoms with E-state index in [1.54, 1.807) is 14.2 Å². The number of rotatable bonds is 9. The molecule has 0 aromatic heterocycles. The van der Waals surface area contributed by atoms with Crippen LogP contribution in [0.4, 0.5) is 0 Å². The van der Waals surface area contributed by atoms with Crippen LogP contribution in [0.5, 0.6) is 11.5 Å². The monoisotopic (exact) mass is 397 g/mol. The van der Waals surface area contributed by atoms with Gasteiger partial charge in [0.1, 0.15) is 0 Å². The van der Waals surface area contributed by atoms with E-state index in [4.69, 9.17) is 9.47 Å². The second-order valence-corrected chi connectivity index (χ2v) is 9.77. The molecular formula is C20H31NO5S. The molecule has 0 aliphatic carbocycles. The van der Waals surface area contributed by atoms with Crippen molar-refractivity contribution in [3.63, 3.8) is 0 Å². The molecule has 1 fully saturated rings. The molecule has 1 aliphatic rings. The molecule has 7 heteroatoms. The Morgan fingerprint density at radius 2 is 1.93 bits per heavy atom. The summed E-state index contributed by atoms with van der Waals surface area (Å²) in [5.41, 5.74) is 0.891. The quantitative estimate of drug-likeness (QED) is 0.648. The lowest BCUT2D eigenvalue weighted by Crippen LogP contribution is -2.33. The van der Waals surface area contributed by atoms with Gasteiger partial charge in [0.25, 0.3) is 0 Å². The first-order chi connectivity index (χ1) is 12.8. The summed E-state index contributed by atoms with van der Waals surface area (Å²) in [5.74, 6) is 1.90. The SMILES string of the molecule is COc1ccc(C(C(=O)NCCCC2CCS(=O)(=O)C2)C(C)C)cc1OC. The smallest absolute Gasteiger partial charge is 0.227 e. The van der Waals surface area contributed by atoms with Gasteiger partial charge in [-0.05, 0) is 48.8 Å². The Labute approximate surface area is 162 Å². The van der Waals surface area contributed by atoms with Gasteiger partial charge in [-0.3, -0.25) is 4.79 Å². The van der Waals surface area contributed by atoms with Crippen LogP contribution in [-0.4, -0.2) is 46.6 Å². The normalized spacial score (nSPS) is 19.7. The van der Waals surface area contributed by atoms with Crippen molar-refractivity contribution < 1.29 is 22.7 Å². The number of amides is 1. The molecule has 1 saturated heterocycles. The Bertz CT molecular complexity index is 745. The Hall–Kier alpha value is -1.76. The minimum atomic E-state index is -2.83. The second-order valence-electron chi connectivity index (χ2n) is 7.54. The van der Waals surface area contributed by atoms with Gasteiger partial charge in [-0.15, -0.1) is 0 Å². The fraction of sp³-hybridized carbons (Fsp3) is 0.650. The number of sulfone groups is 1. The summed E-state index contributed by atoms with van der Waals surface area (Å²) in [4.78, 5) is 12.8. The fourth-order valence-corrected chi connectivity index (χ4v) is 5.61. The molecule has 6 nitrogen and oxygen atoms in total. The van der Waals surface area contributed by atoms with Gasteiger partial charge in [0, 0.05) is 6.54 Å². The summed E-state index contributed by atoms with van der Waals surface area (Å²) < 4.78 is 33.6. The molecular weight excluding hydrogens is 366 g/mol. The molecule has 2 unspecified atom stereocenters. The Kier molecular flexibility index (Phi) is 7.53. The highest BCUT2D eigenvalue weighted by atomic mass is 32.2. The first kappa shape index (κ1) is 21.5. The van der Waals surface area contributed by atoms with Crippen molar-refractivity contribution >= 4 is 15.7 Å². The van der Waals surface area contributed by atoms with E-state index in [-0.39, 0.29) is 23.7 Å². The maximum Gasteiger partial charge on any atom is 0.227 e. The van der Waals surface area contributed by atoms with Gasteiger partial charge in [-0.2, -0.15) is 0 Å². The topological polar surface area (TPSA) is 81.7 Å². The first-order valence-electron chi connectivity index (χ1n) is 9.47. The lowest BCUT2D eigenvalue weighted by Gasteiger charge is -2.22. The van der Waals surface area contributed by atoms with E-state index in [0.717, 1.165) is 24.8 Å². The van der Waals surface area contributed by atoms with Gasteiger partial charge in [0.2, 0.25) is 5.91 Å². The van der Waals surface area contributed by atoms with Crippen molar-refractivity contribution in [1.82, 2.24) is 5.32 Å². The Morgan fingerprint density at radius 3 is 2.48 bits per heavy atom. The van der Waals surface area contributed by atoms with Crippen LogP contribution in [-0.2, 0) is 14.6 Å². The number of carbonyl (C=O) groups is 1. The molecule has 1 amide bonds. The van der Waals surface area contributed by atoms with Crippen molar-refractivity contribution in [1.29, 1.82) is 0 Å². The average molecular weight is 398 g/mol. The summed E-state index contributed by atoms with van der Waals surface area (Å²) in [7, 11) is 0.330. The average Bonchev–Trinajstić information content (AvgIpc) is 2.97. The maximum atomic E-state index is 12.8. The molecule has 0 spiro atoms. The minimum Gasteiger partial charge on any atom is -0.493 e. The molecule has 1 heterocycles. The lowest BCUT2D eigenvalue weighted by atomic mass is 9.87. The number of carbonyl (C=O) groups excluding carboxylic acids is 1. The van der Waals surface area contributed by atoms with Crippen molar-refractivity contribution in [3.8, 4) is 11.5 Å². The Morgan fingerprint density at radius 1 is 1.22 bits per heavy atom. The van der Waals surface area contributed by atoms with Crippen LogP contribution in [0.2, 0.25) is 0 Å². The first-order valence-corrected chi connectivity index (χ1v) is 11.3. The van der Waals surface area contributed by atoms with Gasteiger partial charge >= 0.3 is 0 Å². The van der Waals surface area contributed by atoms with E-state index in [1.165, 1.54) is 0 Å². The van der Waals surface area contributed by atoms with Gasteiger partial charge in [-0.1, -0.05) is 19.9 Å². The third-order valence-corrected chi connectivity index (χ3v) is 6.97. The fourth-order valence-electron chi connectivity index (χ4n) is 3.70. The molecule has 0 radical (unpaired) electrons. The van der Waals surface area contributed by atoms with Crippen LogP contribution < -0.4 is 14.8 Å². The van der Waals surface area contributed by atoms with Gasteiger partial charge in [0.05, 0.1) is 31.6 Å². The predicted molar refractivity (Wildman–Crippen MR) is 106 cm³/mol. The van der Waals surface area contributed by atoms with E-state index >= 15 is 0 Å². The largest absolute Gasteiger partial charge is 0.493 e. The molecule has 152 valence electrons. The predicted octanol–water partition coefficient (Wildman–Crippen LogP) is 2.77. The van der Waals surface area contributed by atoms with Gasteiger partial charge < -0.3 is 14.8 Å². The molecule has 1 aromatic carbocycles. The molecule has 1 aromatic rings. The molecule has 1 aliphatic heterocycles. The number of methoxy groups -OCH3 is 2. The number of hydrogen-bond donors (Lipinski definition) is 1. The summed E-state index contributed by atoms with van der Waals surface area (Å²) in [5, 5.41) is 3.01. The van der Waals surface area contributed by atoms with Crippen LogP contribution in [0.3, 0.4) is 0 Å². The number of nitrogens with one attached hydrogen (secondary N) is 1. The number of hydrogen-bond acceptors (Lipinski definition) is 5. The maximum absolute atomic E-state index is 12.8. The third-order valence-electron chi connectivity index (χ3n) is 5.13. The molecule has 2 rings (SSSR count). The molecule has 0 bridgehead atoms. The zero-order valence-corrected chi connectivity index (χ0v) is 17.5. The van der Waals surface area contributed by atoms with Gasteiger partial charge in [-0.25, -0.2) is 8.42 Å². The van der Waals surface area contributed by atoms with Gasteiger partial charge in [0.15, 0.2) is 21.3 Å². The zero-order chi connectivity index (χ0) is 20.0. The van der Waals surface area contributed by atoms with Crippen LogP contribution in [0, 0.1) is 11.8 Å². The highest BCUT2D eigenvalue weighted by Gasteiger charge is 2.28. The van der Waals surface area contributed by atoms with Crippen LogP contribution in [0.25, 0.3) is 0 Å². The van der Waals surface area contributed by atoms with E-state index in [2.05, 4.69) is 5.32 Å². The number of benzene rings is 1. The zero-order valence-electron chi connectivity index (χ0n) is 16.7. The minimum absolute atomic E-state index is 0.0173. The lowest BCUT2D eigenvalue weighted by molar-refractivity contribution is -0.123. The van der Waals surface area contributed by atoms with E-state index in [0.29, 0.717) is 29.5 Å². The molecule has 1 N–H and O–H groups in total.